The summed E-state index contributed by atoms with van der Waals surface area (Å²) in [5.74, 6) is 0.780. The van der Waals surface area contributed by atoms with Gasteiger partial charge in [0.25, 0.3) is 5.91 Å². The zero-order valence-corrected chi connectivity index (χ0v) is 19.1. The molecule has 1 heterocycles. The minimum absolute atomic E-state index is 0.245. The van der Waals surface area contributed by atoms with E-state index in [1.165, 1.54) is 10.9 Å². The first-order valence-electron chi connectivity index (χ1n) is 10.2. The van der Waals surface area contributed by atoms with E-state index >= 15 is 0 Å². The van der Waals surface area contributed by atoms with E-state index in [2.05, 4.69) is 48.7 Å². The van der Waals surface area contributed by atoms with Crippen molar-refractivity contribution in [2.75, 3.05) is 19.0 Å². The lowest BCUT2D eigenvalue weighted by molar-refractivity contribution is 0.0977. The molecule has 0 bridgehead atoms. The van der Waals surface area contributed by atoms with Gasteiger partial charge in [-0.25, -0.2) is 0 Å². The number of methoxy groups -OCH3 is 1. The average Bonchev–Trinajstić information content (AvgIpc) is 3.23. The summed E-state index contributed by atoms with van der Waals surface area (Å²) in [6.45, 7) is 0.500. The average molecular weight is 491 g/mol. The van der Waals surface area contributed by atoms with Crippen LogP contribution < -0.4 is 15.4 Å². The molecule has 0 unspecified atom stereocenters. The lowest BCUT2D eigenvalue weighted by atomic mass is 10.1. The van der Waals surface area contributed by atoms with Gasteiger partial charge in [-0.3, -0.25) is 15.1 Å². The van der Waals surface area contributed by atoms with Crippen LogP contribution in [0.25, 0.3) is 10.9 Å². The van der Waals surface area contributed by atoms with Crippen LogP contribution in [-0.4, -0.2) is 30.5 Å². The number of halogens is 1. The molecular formula is C25H23BrN4O2. The number of hydrogen-bond acceptors (Lipinski definition) is 3. The summed E-state index contributed by atoms with van der Waals surface area (Å²) in [5, 5.41) is 7.28. The number of aliphatic imine (C=N–C) groups is 1. The second-order valence-electron chi connectivity index (χ2n) is 7.13. The Balaban J connectivity index is 1.54. The number of amides is 1. The molecule has 7 heteroatoms. The Morgan fingerprint density at radius 2 is 1.78 bits per heavy atom. The van der Waals surface area contributed by atoms with Crippen LogP contribution in [0.5, 0.6) is 5.75 Å². The highest BCUT2D eigenvalue weighted by molar-refractivity contribution is 9.10. The Kier molecular flexibility index (Phi) is 6.87. The van der Waals surface area contributed by atoms with Gasteiger partial charge in [0.2, 0.25) is 5.96 Å². The summed E-state index contributed by atoms with van der Waals surface area (Å²) in [6.07, 6.45) is 2.74. The molecule has 32 heavy (non-hydrogen) atoms. The summed E-state index contributed by atoms with van der Waals surface area (Å²) >= 11 is 3.39. The lowest BCUT2D eigenvalue weighted by Gasteiger charge is -2.14. The van der Waals surface area contributed by atoms with Crippen molar-refractivity contribution < 1.29 is 9.53 Å². The number of H-pyrrole nitrogens is 1. The predicted molar refractivity (Wildman–Crippen MR) is 133 cm³/mol. The molecule has 0 saturated heterocycles. The van der Waals surface area contributed by atoms with E-state index in [9.17, 15) is 4.79 Å². The highest BCUT2D eigenvalue weighted by atomic mass is 79.9. The lowest BCUT2D eigenvalue weighted by Crippen LogP contribution is -2.36. The van der Waals surface area contributed by atoms with E-state index in [4.69, 9.17) is 4.74 Å². The molecule has 1 aromatic heterocycles. The van der Waals surface area contributed by atoms with Gasteiger partial charge in [0.15, 0.2) is 0 Å². The second-order valence-corrected chi connectivity index (χ2v) is 8.04. The standard InChI is InChI=1S/C25H23BrN4O2/c1-32-23-9-5-4-8-22(23)29-25(30-24(31)17-10-12-19(26)13-11-17)27-15-14-18-16-28-21-7-3-2-6-20(18)21/h2-13,16,28H,14-15H2,1H3,(H2,27,29,30,31). The van der Waals surface area contributed by atoms with Crippen LogP contribution >= 0.6 is 15.9 Å². The number of rotatable bonds is 6. The Bertz CT molecular complexity index is 1250. The number of benzene rings is 3. The molecule has 0 aliphatic carbocycles. The van der Waals surface area contributed by atoms with Crippen molar-refractivity contribution in [3.05, 3.63) is 94.6 Å². The fourth-order valence-corrected chi connectivity index (χ4v) is 3.66. The van der Waals surface area contributed by atoms with E-state index in [0.29, 0.717) is 23.8 Å². The maximum absolute atomic E-state index is 12.8. The number of para-hydroxylation sites is 3. The summed E-state index contributed by atoms with van der Waals surface area (Å²) in [7, 11) is 1.61. The zero-order valence-electron chi connectivity index (χ0n) is 17.6. The van der Waals surface area contributed by atoms with E-state index in [-0.39, 0.29) is 5.91 Å². The van der Waals surface area contributed by atoms with Gasteiger partial charge in [0.1, 0.15) is 5.75 Å². The molecule has 0 spiro atoms. The van der Waals surface area contributed by atoms with Gasteiger partial charge in [-0.1, -0.05) is 46.3 Å². The molecule has 0 saturated carbocycles. The first-order chi connectivity index (χ1) is 15.6. The largest absolute Gasteiger partial charge is 0.495 e. The third-order valence-corrected chi connectivity index (χ3v) is 5.55. The molecule has 0 fully saturated rings. The topological polar surface area (TPSA) is 78.5 Å². The van der Waals surface area contributed by atoms with Crippen molar-refractivity contribution in [2.24, 2.45) is 4.99 Å². The second kappa shape index (κ2) is 10.2. The van der Waals surface area contributed by atoms with Crippen molar-refractivity contribution in [1.29, 1.82) is 0 Å². The van der Waals surface area contributed by atoms with Gasteiger partial charge < -0.3 is 15.0 Å². The number of anilines is 1. The number of nitrogens with zero attached hydrogens (tertiary/aromatic N) is 1. The van der Waals surface area contributed by atoms with Crippen molar-refractivity contribution in [2.45, 2.75) is 6.42 Å². The third kappa shape index (κ3) is 5.18. The number of guanidine groups is 1. The molecule has 6 nitrogen and oxygen atoms in total. The SMILES string of the molecule is COc1ccccc1NC(=NCCc1c[nH]c2ccccc12)NC(=O)c1ccc(Br)cc1. The molecule has 4 aromatic rings. The van der Waals surface area contributed by atoms with Crippen molar-refractivity contribution in [3.63, 3.8) is 0 Å². The zero-order chi connectivity index (χ0) is 22.3. The summed E-state index contributed by atoms with van der Waals surface area (Å²) < 4.78 is 6.33. The molecule has 162 valence electrons. The van der Waals surface area contributed by atoms with Gasteiger partial charge in [0, 0.05) is 33.7 Å². The molecule has 3 N–H and O–H groups in total. The van der Waals surface area contributed by atoms with Gasteiger partial charge in [-0.15, -0.1) is 0 Å². The van der Waals surface area contributed by atoms with Crippen LogP contribution in [0, 0.1) is 0 Å². The van der Waals surface area contributed by atoms with Gasteiger partial charge in [-0.05, 0) is 54.4 Å². The molecule has 4 rings (SSSR count). The van der Waals surface area contributed by atoms with Gasteiger partial charge >= 0.3 is 0 Å². The fraction of sp³-hybridized carbons (Fsp3) is 0.120. The maximum Gasteiger partial charge on any atom is 0.257 e. The van der Waals surface area contributed by atoms with Crippen LogP contribution in [0.15, 0.2) is 88.5 Å². The molecule has 3 aromatic carbocycles. The number of aromatic nitrogens is 1. The van der Waals surface area contributed by atoms with Crippen LogP contribution in [0.3, 0.4) is 0 Å². The normalized spacial score (nSPS) is 11.4. The fourth-order valence-electron chi connectivity index (χ4n) is 3.39. The number of hydrogen-bond donors (Lipinski definition) is 3. The van der Waals surface area contributed by atoms with Crippen LogP contribution in [0.1, 0.15) is 15.9 Å². The highest BCUT2D eigenvalue weighted by Crippen LogP contribution is 2.23. The summed E-state index contributed by atoms with van der Waals surface area (Å²) in [6, 6.07) is 22.9. The number of fused-ring (bicyclic) bond motifs is 1. The molecule has 0 atom stereocenters. The van der Waals surface area contributed by atoms with E-state index < -0.39 is 0 Å². The Labute approximate surface area is 194 Å². The Morgan fingerprint density at radius 3 is 2.59 bits per heavy atom. The van der Waals surface area contributed by atoms with Crippen molar-refractivity contribution in [3.8, 4) is 5.75 Å². The number of carbonyl (C=O) groups is 1. The smallest absolute Gasteiger partial charge is 0.257 e. The van der Waals surface area contributed by atoms with Crippen molar-refractivity contribution in [1.82, 2.24) is 10.3 Å². The number of carbonyl (C=O) groups excluding carboxylic acids is 1. The van der Waals surface area contributed by atoms with E-state index in [1.54, 1.807) is 19.2 Å². The Hall–Kier alpha value is -3.58. The molecule has 1 amide bonds. The number of ether oxygens (including phenoxy) is 1. The number of nitrogens with one attached hydrogen (secondary N) is 3. The van der Waals surface area contributed by atoms with Crippen LogP contribution in [-0.2, 0) is 6.42 Å². The number of aromatic amines is 1. The molecule has 0 aliphatic heterocycles. The first kappa shape index (κ1) is 21.6. The van der Waals surface area contributed by atoms with Gasteiger partial charge in [-0.2, -0.15) is 0 Å². The highest BCUT2D eigenvalue weighted by Gasteiger charge is 2.12. The van der Waals surface area contributed by atoms with E-state index in [1.807, 2.05) is 54.7 Å². The minimum atomic E-state index is -0.245. The maximum atomic E-state index is 12.8. The minimum Gasteiger partial charge on any atom is -0.495 e. The summed E-state index contributed by atoms with van der Waals surface area (Å²) in [5.41, 5.74) is 3.54. The monoisotopic (exact) mass is 490 g/mol. The quantitative estimate of drug-likeness (QED) is 0.250. The van der Waals surface area contributed by atoms with Crippen LogP contribution in [0.4, 0.5) is 5.69 Å². The molecule has 0 aliphatic rings. The molecular weight excluding hydrogens is 468 g/mol. The van der Waals surface area contributed by atoms with Crippen LogP contribution in [0.2, 0.25) is 0 Å². The van der Waals surface area contributed by atoms with Gasteiger partial charge in [0.05, 0.1) is 12.8 Å². The third-order valence-electron chi connectivity index (χ3n) is 5.02. The van der Waals surface area contributed by atoms with E-state index in [0.717, 1.165) is 22.1 Å². The summed E-state index contributed by atoms with van der Waals surface area (Å²) in [4.78, 5) is 20.7. The molecule has 0 radical (unpaired) electrons. The first-order valence-corrected chi connectivity index (χ1v) is 11.0. The Morgan fingerprint density at radius 1 is 1.03 bits per heavy atom. The predicted octanol–water partition coefficient (Wildman–Crippen LogP) is 5.38. The van der Waals surface area contributed by atoms with Crippen molar-refractivity contribution >= 4 is 44.4 Å².